The Kier molecular flexibility index (Phi) is 5.88. The SMILES string of the molecule is COc1ccc2c(c1)CCN(S(=O)(=O)CCNC(=O)c1cc3cccc(OC)c3o1)C2. The van der Waals surface area contributed by atoms with Gasteiger partial charge >= 0.3 is 0 Å². The molecule has 4 rings (SSSR count). The lowest BCUT2D eigenvalue weighted by Gasteiger charge is -2.28. The van der Waals surface area contributed by atoms with Crippen molar-refractivity contribution in [2.75, 3.05) is 33.1 Å². The number of nitrogens with zero attached hydrogens (tertiary/aromatic N) is 1. The van der Waals surface area contributed by atoms with E-state index >= 15 is 0 Å². The summed E-state index contributed by atoms with van der Waals surface area (Å²) in [6.45, 7) is 0.708. The van der Waals surface area contributed by atoms with Crippen molar-refractivity contribution < 1.29 is 27.1 Å². The number of benzene rings is 2. The number of para-hydroxylation sites is 1. The number of furan rings is 1. The van der Waals surface area contributed by atoms with Gasteiger partial charge in [-0.3, -0.25) is 4.79 Å². The van der Waals surface area contributed by atoms with E-state index in [0.717, 1.165) is 22.3 Å². The smallest absolute Gasteiger partial charge is 0.287 e. The second-order valence-electron chi connectivity index (χ2n) is 7.28. The summed E-state index contributed by atoms with van der Waals surface area (Å²) in [6.07, 6.45) is 0.624. The Hall–Kier alpha value is -3.04. The number of amides is 1. The number of carbonyl (C=O) groups is 1. The first-order valence-electron chi connectivity index (χ1n) is 9.89. The highest BCUT2D eigenvalue weighted by molar-refractivity contribution is 7.89. The lowest BCUT2D eigenvalue weighted by molar-refractivity contribution is 0.0930. The molecule has 0 unspecified atom stereocenters. The van der Waals surface area contributed by atoms with Crippen molar-refractivity contribution >= 4 is 26.9 Å². The van der Waals surface area contributed by atoms with E-state index in [-0.39, 0.29) is 18.1 Å². The fraction of sp³-hybridized carbons (Fsp3) is 0.318. The van der Waals surface area contributed by atoms with Gasteiger partial charge in [0.15, 0.2) is 17.1 Å². The van der Waals surface area contributed by atoms with Gasteiger partial charge in [-0.15, -0.1) is 0 Å². The number of ether oxygens (including phenoxy) is 2. The van der Waals surface area contributed by atoms with Crippen molar-refractivity contribution in [3.8, 4) is 11.5 Å². The first kappa shape index (κ1) is 21.2. The number of carbonyl (C=O) groups excluding carboxylic acids is 1. The van der Waals surface area contributed by atoms with Gasteiger partial charge in [0.2, 0.25) is 10.0 Å². The quantitative estimate of drug-likeness (QED) is 0.602. The third-order valence-corrected chi connectivity index (χ3v) is 7.20. The van der Waals surface area contributed by atoms with E-state index in [9.17, 15) is 13.2 Å². The average molecular weight is 445 g/mol. The van der Waals surface area contributed by atoms with Crippen LogP contribution < -0.4 is 14.8 Å². The molecule has 1 N–H and O–H groups in total. The zero-order valence-corrected chi connectivity index (χ0v) is 18.2. The molecule has 0 aliphatic carbocycles. The summed E-state index contributed by atoms with van der Waals surface area (Å²) in [4.78, 5) is 12.4. The molecule has 0 spiro atoms. The van der Waals surface area contributed by atoms with Crippen LogP contribution in [0.3, 0.4) is 0 Å². The summed E-state index contributed by atoms with van der Waals surface area (Å²) in [5, 5.41) is 3.37. The van der Waals surface area contributed by atoms with Crippen LogP contribution in [-0.2, 0) is 23.0 Å². The molecule has 0 bridgehead atoms. The van der Waals surface area contributed by atoms with Crippen molar-refractivity contribution in [2.45, 2.75) is 13.0 Å². The molecule has 1 amide bonds. The molecule has 1 aliphatic rings. The van der Waals surface area contributed by atoms with E-state index in [4.69, 9.17) is 13.9 Å². The number of methoxy groups -OCH3 is 2. The number of hydrogen-bond acceptors (Lipinski definition) is 6. The van der Waals surface area contributed by atoms with Gasteiger partial charge in [0, 0.05) is 25.0 Å². The predicted molar refractivity (Wildman–Crippen MR) is 116 cm³/mol. The van der Waals surface area contributed by atoms with Gasteiger partial charge in [0.1, 0.15) is 5.75 Å². The van der Waals surface area contributed by atoms with Crippen molar-refractivity contribution in [1.82, 2.24) is 9.62 Å². The number of hydrogen-bond donors (Lipinski definition) is 1. The van der Waals surface area contributed by atoms with E-state index in [0.29, 0.717) is 30.8 Å². The lowest BCUT2D eigenvalue weighted by atomic mass is 10.0. The van der Waals surface area contributed by atoms with Gasteiger partial charge in [-0.2, -0.15) is 4.31 Å². The van der Waals surface area contributed by atoms with Crippen LogP contribution in [0.5, 0.6) is 11.5 Å². The van der Waals surface area contributed by atoms with Crippen LogP contribution in [0.15, 0.2) is 46.9 Å². The van der Waals surface area contributed by atoms with Gasteiger partial charge in [-0.1, -0.05) is 18.2 Å². The van der Waals surface area contributed by atoms with E-state index in [2.05, 4.69) is 5.32 Å². The molecule has 8 nitrogen and oxygen atoms in total. The fourth-order valence-corrected chi connectivity index (χ4v) is 5.01. The lowest BCUT2D eigenvalue weighted by Crippen LogP contribution is -2.40. The van der Waals surface area contributed by atoms with Crippen LogP contribution in [0.4, 0.5) is 0 Å². The van der Waals surface area contributed by atoms with E-state index in [1.165, 1.54) is 11.4 Å². The highest BCUT2D eigenvalue weighted by atomic mass is 32.2. The van der Waals surface area contributed by atoms with Crippen LogP contribution in [0.25, 0.3) is 11.0 Å². The number of sulfonamides is 1. The molecule has 1 aliphatic heterocycles. The first-order chi connectivity index (χ1) is 14.9. The molecule has 9 heteroatoms. The molecule has 0 fully saturated rings. The van der Waals surface area contributed by atoms with Gasteiger partial charge in [-0.05, 0) is 41.8 Å². The van der Waals surface area contributed by atoms with Crippen LogP contribution in [0, 0.1) is 0 Å². The summed E-state index contributed by atoms with van der Waals surface area (Å²) >= 11 is 0. The van der Waals surface area contributed by atoms with Crippen molar-refractivity contribution in [3.05, 3.63) is 59.4 Å². The van der Waals surface area contributed by atoms with Crippen LogP contribution in [-0.4, -0.2) is 51.7 Å². The van der Waals surface area contributed by atoms with Crippen LogP contribution in [0.1, 0.15) is 21.7 Å². The third-order valence-electron chi connectivity index (χ3n) is 5.38. The van der Waals surface area contributed by atoms with Crippen molar-refractivity contribution in [1.29, 1.82) is 0 Å². The minimum absolute atomic E-state index is 0.0126. The Bertz CT molecular complexity index is 1220. The molecule has 0 radical (unpaired) electrons. The maximum Gasteiger partial charge on any atom is 0.287 e. The Balaban J connectivity index is 1.37. The molecule has 0 saturated heterocycles. The second-order valence-corrected chi connectivity index (χ2v) is 9.37. The molecule has 164 valence electrons. The van der Waals surface area contributed by atoms with Gasteiger partial charge in [0.05, 0.1) is 20.0 Å². The molecule has 1 aromatic heterocycles. The highest BCUT2D eigenvalue weighted by Crippen LogP contribution is 2.28. The predicted octanol–water partition coefficient (Wildman–Crippen LogP) is 2.57. The minimum atomic E-state index is -3.52. The molecular weight excluding hydrogens is 420 g/mol. The normalized spacial score (nSPS) is 14.3. The highest BCUT2D eigenvalue weighted by Gasteiger charge is 2.27. The fourth-order valence-electron chi connectivity index (χ4n) is 3.69. The van der Waals surface area contributed by atoms with Crippen molar-refractivity contribution in [3.63, 3.8) is 0 Å². The Morgan fingerprint density at radius 2 is 1.97 bits per heavy atom. The molecule has 31 heavy (non-hydrogen) atoms. The molecule has 2 aromatic carbocycles. The van der Waals surface area contributed by atoms with Crippen LogP contribution >= 0.6 is 0 Å². The van der Waals surface area contributed by atoms with Crippen molar-refractivity contribution in [2.24, 2.45) is 0 Å². The van der Waals surface area contributed by atoms with Gasteiger partial charge in [0.25, 0.3) is 5.91 Å². The van der Waals surface area contributed by atoms with E-state index in [1.807, 2.05) is 24.3 Å². The van der Waals surface area contributed by atoms with E-state index < -0.39 is 15.9 Å². The largest absolute Gasteiger partial charge is 0.497 e. The molecule has 3 aromatic rings. The summed E-state index contributed by atoms with van der Waals surface area (Å²) in [6, 6.07) is 12.6. The maximum absolute atomic E-state index is 12.8. The molecule has 0 saturated carbocycles. The zero-order chi connectivity index (χ0) is 22.0. The third kappa shape index (κ3) is 4.38. The number of rotatable bonds is 7. The summed E-state index contributed by atoms with van der Waals surface area (Å²) in [7, 11) is -0.384. The molecule has 2 heterocycles. The van der Waals surface area contributed by atoms with E-state index in [1.54, 1.807) is 25.3 Å². The summed E-state index contributed by atoms with van der Waals surface area (Å²) < 4.78 is 43.1. The standard InChI is InChI=1S/C22H24N2O6S/c1-28-18-7-6-17-14-24(10-8-15(17)12-18)31(26,27)11-9-23-22(25)20-13-16-4-3-5-19(29-2)21(16)30-20/h3-7,12-13H,8-11,14H2,1-2H3,(H,23,25). The van der Waals surface area contributed by atoms with Gasteiger partial charge in [-0.25, -0.2) is 8.42 Å². The Morgan fingerprint density at radius 3 is 2.74 bits per heavy atom. The first-order valence-corrected chi connectivity index (χ1v) is 11.5. The molecular formula is C22H24N2O6S. The van der Waals surface area contributed by atoms with Gasteiger partial charge < -0.3 is 19.2 Å². The van der Waals surface area contributed by atoms with Crippen LogP contribution in [0.2, 0.25) is 0 Å². The average Bonchev–Trinajstić information content (AvgIpc) is 3.22. The monoisotopic (exact) mass is 444 g/mol. The minimum Gasteiger partial charge on any atom is -0.497 e. The maximum atomic E-state index is 12.8. The summed E-state index contributed by atoms with van der Waals surface area (Å²) in [5.41, 5.74) is 2.54. The number of nitrogens with one attached hydrogen (secondary N) is 1. The molecule has 0 atom stereocenters. The zero-order valence-electron chi connectivity index (χ0n) is 17.4. The Morgan fingerprint density at radius 1 is 1.13 bits per heavy atom. The number of fused-ring (bicyclic) bond motifs is 2. The Labute approximate surface area is 180 Å². The topological polar surface area (TPSA) is 98.1 Å². The second kappa shape index (κ2) is 8.60. The summed E-state index contributed by atoms with van der Waals surface area (Å²) in [5.74, 6) is 0.749.